The van der Waals surface area contributed by atoms with Gasteiger partial charge in [0.2, 0.25) is 0 Å². The number of ether oxygens (including phenoxy) is 1. The third-order valence-electron chi connectivity index (χ3n) is 3.91. The van der Waals surface area contributed by atoms with Crippen LogP contribution in [0.25, 0.3) is 0 Å². The molecule has 0 aliphatic carbocycles. The molecule has 1 saturated heterocycles. The zero-order valence-corrected chi connectivity index (χ0v) is 12.1. The van der Waals surface area contributed by atoms with E-state index in [1.165, 1.54) is 5.56 Å². The second kappa shape index (κ2) is 6.98. The first kappa shape index (κ1) is 14.4. The molecule has 0 aromatic carbocycles. The lowest BCUT2D eigenvalue weighted by Crippen LogP contribution is -2.45. The molecule has 0 spiro atoms. The highest BCUT2D eigenvalue weighted by molar-refractivity contribution is 5.09. The number of nitrogens with zero attached hydrogens (tertiary/aromatic N) is 2. The summed E-state index contributed by atoms with van der Waals surface area (Å²) in [5.41, 5.74) is 1.68. The summed E-state index contributed by atoms with van der Waals surface area (Å²) in [6.07, 6.45) is 6.02. The SMILES string of the molecule is CNCC1(CN(C)Cc2ccncc2)CCOCC1. The zero-order valence-electron chi connectivity index (χ0n) is 12.1. The van der Waals surface area contributed by atoms with E-state index in [1.54, 1.807) is 0 Å². The molecule has 1 aromatic heterocycles. The molecule has 1 aromatic rings. The van der Waals surface area contributed by atoms with Crippen molar-refractivity contribution >= 4 is 0 Å². The van der Waals surface area contributed by atoms with E-state index in [9.17, 15) is 0 Å². The lowest BCUT2D eigenvalue weighted by Gasteiger charge is -2.40. The second-order valence-electron chi connectivity index (χ2n) is 5.67. The predicted molar refractivity (Wildman–Crippen MR) is 77.0 cm³/mol. The van der Waals surface area contributed by atoms with Gasteiger partial charge in [-0.2, -0.15) is 0 Å². The predicted octanol–water partition coefficient (Wildman–Crippen LogP) is 1.53. The third kappa shape index (κ3) is 4.27. The van der Waals surface area contributed by atoms with Gasteiger partial charge in [-0.05, 0) is 50.0 Å². The Balaban J connectivity index is 1.93. The molecule has 1 aliphatic rings. The van der Waals surface area contributed by atoms with Gasteiger partial charge >= 0.3 is 0 Å². The summed E-state index contributed by atoms with van der Waals surface area (Å²) < 4.78 is 5.52. The molecule has 1 N–H and O–H groups in total. The van der Waals surface area contributed by atoms with Crippen molar-refractivity contribution in [2.45, 2.75) is 19.4 Å². The van der Waals surface area contributed by atoms with Gasteiger partial charge in [0.1, 0.15) is 0 Å². The molecule has 0 saturated carbocycles. The summed E-state index contributed by atoms with van der Waals surface area (Å²) in [6.45, 7) is 4.95. The van der Waals surface area contributed by atoms with Crippen molar-refractivity contribution in [3.8, 4) is 0 Å². The highest BCUT2D eigenvalue weighted by atomic mass is 16.5. The fraction of sp³-hybridized carbons (Fsp3) is 0.667. The van der Waals surface area contributed by atoms with Crippen molar-refractivity contribution < 1.29 is 4.74 Å². The van der Waals surface area contributed by atoms with E-state index < -0.39 is 0 Å². The minimum absolute atomic E-state index is 0.356. The fourth-order valence-electron chi connectivity index (χ4n) is 3.00. The van der Waals surface area contributed by atoms with Crippen LogP contribution in [0.15, 0.2) is 24.5 Å². The molecule has 0 bridgehead atoms. The minimum Gasteiger partial charge on any atom is -0.381 e. The first-order valence-electron chi connectivity index (χ1n) is 7.04. The van der Waals surface area contributed by atoms with Crippen LogP contribution in [-0.2, 0) is 11.3 Å². The smallest absolute Gasteiger partial charge is 0.0472 e. The molecule has 4 nitrogen and oxygen atoms in total. The number of aromatic nitrogens is 1. The maximum atomic E-state index is 5.52. The van der Waals surface area contributed by atoms with Crippen molar-refractivity contribution in [3.05, 3.63) is 30.1 Å². The molecule has 2 heterocycles. The van der Waals surface area contributed by atoms with Crippen LogP contribution in [0.4, 0.5) is 0 Å². The summed E-state index contributed by atoms with van der Waals surface area (Å²) in [5.74, 6) is 0. The normalized spacial score (nSPS) is 18.7. The number of hydrogen-bond acceptors (Lipinski definition) is 4. The van der Waals surface area contributed by atoms with Gasteiger partial charge in [0.25, 0.3) is 0 Å². The van der Waals surface area contributed by atoms with Gasteiger partial charge in [-0.3, -0.25) is 4.98 Å². The van der Waals surface area contributed by atoms with Crippen LogP contribution in [-0.4, -0.2) is 50.3 Å². The summed E-state index contributed by atoms with van der Waals surface area (Å²) in [5, 5.41) is 3.36. The van der Waals surface area contributed by atoms with Gasteiger partial charge in [-0.15, -0.1) is 0 Å². The Morgan fingerprint density at radius 3 is 2.63 bits per heavy atom. The van der Waals surface area contributed by atoms with Gasteiger partial charge in [-0.1, -0.05) is 0 Å². The number of hydrogen-bond donors (Lipinski definition) is 1. The second-order valence-corrected chi connectivity index (χ2v) is 5.67. The monoisotopic (exact) mass is 263 g/mol. The van der Waals surface area contributed by atoms with Crippen molar-refractivity contribution in [1.82, 2.24) is 15.2 Å². The minimum atomic E-state index is 0.356. The third-order valence-corrected chi connectivity index (χ3v) is 3.91. The molecule has 4 heteroatoms. The fourth-order valence-corrected chi connectivity index (χ4v) is 3.00. The Morgan fingerprint density at radius 1 is 1.32 bits per heavy atom. The van der Waals surface area contributed by atoms with E-state index in [0.717, 1.165) is 45.7 Å². The van der Waals surface area contributed by atoms with E-state index in [2.05, 4.69) is 34.4 Å². The van der Waals surface area contributed by atoms with E-state index in [4.69, 9.17) is 4.74 Å². The van der Waals surface area contributed by atoms with Crippen molar-refractivity contribution in [1.29, 1.82) is 0 Å². The number of nitrogens with one attached hydrogen (secondary N) is 1. The molecule has 1 aliphatic heterocycles. The first-order chi connectivity index (χ1) is 9.24. The van der Waals surface area contributed by atoms with Gasteiger partial charge in [-0.25, -0.2) is 0 Å². The Labute approximate surface area is 116 Å². The molecular weight excluding hydrogens is 238 g/mol. The van der Waals surface area contributed by atoms with E-state index in [-0.39, 0.29) is 0 Å². The van der Waals surface area contributed by atoms with E-state index in [1.807, 2.05) is 19.4 Å². The highest BCUT2D eigenvalue weighted by Crippen LogP contribution is 2.30. The van der Waals surface area contributed by atoms with Gasteiger partial charge in [0.05, 0.1) is 0 Å². The van der Waals surface area contributed by atoms with Crippen LogP contribution in [0.5, 0.6) is 0 Å². The van der Waals surface area contributed by atoms with Gasteiger partial charge in [0.15, 0.2) is 0 Å². The van der Waals surface area contributed by atoms with Crippen LogP contribution in [0.1, 0.15) is 18.4 Å². The summed E-state index contributed by atoms with van der Waals surface area (Å²) in [7, 11) is 4.24. The summed E-state index contributed by atoms with van der Waals surface area (Å²) >= 11 is 0. The topological polar surface area (TPSA) is 37.4 Å². The van der Waals surface area contributed by atoms with Gasteiger partial charge in [0, 0.05) is 45.2 Å². The van der Waals surface area contributed by atoms with Crippen LogP contribution < -0.4 is 5.32 Å². The molecular formula is C15H25N3O. The molecule has 0 unspecified atom stereocenters. The highest BCUT2D eigenvalue weighted by Gasteiger charge is 2.32. The molecule has 106 valence electrons. The zero-order chi connectivity index (χ0) is 13.6. The Hall–Kier alpha value is -0.970. The number of pyridine rings is 1. The quantitative estimate of drug-likeness (QED) is 0.844. The van der Waals surface area contributed by atoms with Crippen LogP contribution >= 0.6 is 0 Å². The maximum absolute atomic E-state index is 5.52. The average molecular weight is 263 g/mol. The number of rotatable bonds is 6. The van der Waals surface area contributed by atoms with Crippen molar-refractivity contribution in [2.75, 3.05) is 40.4 Å². The van der Waals surface area contributed by atoms with Crippen molar-refractivity contribution in [2.24, 2.45) is 5.41 Å². The molecule has 0 radical (unpaired) electrons. The maximum Gasteiger partial charge on any atom is 0.0472 e. The summed E-state index contributed by atoms with van der Waals surface area (Å²) in [4.78, 5) is 6.48. The molecule has 0 amide bonds. The van der Waals surface area contributed by atoms with Gasteiger partial charge < -0.3 is 15.0 Å². The Kier molecular flexibility index (Phi) is 5.31. The van der Waals surface area contributed by atoms with Crippen molar-refractivity contribution in [3.63, 3.8) is 0 Å². The Morgan fingerprint density at radius 2 is 2.00 bits per heavy atom. The van der Waals surface area contributed by atoms with Crippen LogP contribution in [0.2, 0.25) is 0 Å². The lowest BCUT2D eigenvalue weighted by atomic mass is 9.79. The molecule has 1 fully saturated rings. The van der Waals surface area contributed by atoms with E-state index >= 15 is 0 Å². The van der Waals surface area contributed by atoms with E-state index in [0.29, 0.717) is 5.41 Å². The lowest BCUT2D eigenvalue weighted by molar-refractivity contribution is -0.000736. The van der Waals surface area contributed by atoms with Crippen LogP contribution in [0.3, 0.4) is 0 Å². The molecule has 2 rings (SSSR count). The standard InChI is InChI=1S/C15H25N3O/c1-16-12-15(5-9-19-10-6-15)13-18(2)11-14-3-7-17-8-4-14/h3-4,7-8,16H,5-6,9-13H2,1-2H3. The average Bonchev–Trinajstić information content (AvgIpc) is 2.40. The molecule has 0 atom stereocenters. The van der Waals surface area contributed by atoms with Crippen LogP contribution in [0, 0.1) is 5.41 Å². The summed E-state index contributed by atoms with van der Waals surface area (Å²) in [6, 6.07) is 4.18. The largest absolute Gasteiger partial charge is 0.381 e. The Bertz CT molecular complexity index is 357. The molecule has 19 heavy (non-hydrogen) atoms. The first-order valence-corrected chi connectivity index (χ1v) is 7.04.